The standard InChI is InChI=1S/C16H22F2N2O/c1-11(19)13-3-2-8-20(10-13)16(21)7-4-12-9-14(17)5-6-15(12)18/h5-6,9,11,13H,2-4,7-8,10,19H2,1H3/t11-,13-/m1/s1. The molecule has 5 heteroatoms. The van der Waals surface area contributed by atoms with Gasteiger partial charge in [0, 0.05) is 25.6 Å². The van der Waals surface area contributed by atoms with E-state index in [1.54, 1.807) is 4.90 Å². The molecule has 3 nitrogen and oxygen atoms in total. The van der Waals surface area contributed by atoms with Crippen LogP contribution < -0.4 is 5.73 Å². The molecule has 1 amide bonds. The number of likely N-dealkylation sites (tertiary alicyclic amines) is 1. The smallest absolute Gasteiger partial charge is 0.222 e. The van der Waals surface area contributed by atoms with E-state index in [2.05, 4.69) is 0 Å². The molecule has 2 N–H and O–H groups in total. The molecular weight excluding hydrogens is 274 g/mol. The Balaban J connectivity index is 1.91. The Morgan fingerprint density at radius 2 is 2.24 bits per heavy atom. The number of benzene rings is 1. The second-order valence-corrected chi connectivity index (χ2v) is 5.84. The zero-order valence-electron chi connectivity index (χ0n) is 12.3. The fourth-order valence-electron chi connectivity index (χ4n) is 2.80. The highest BCUT2D eigenvalue weighted by molar-refractivity contribution is 5.76. The second-order valence-electron chi connectivity index (χ2n) is 5.84. The number of hydrogen-bond donors (Lipinski definition) is 1. The second kappa shape index (κ2) is 6.98. The molecule has 0 aromatic heterocycles. The molecule has 1 aromatic rings. The average Bonchev–Trinajstić information content (AvgIpc) is 2.48. The Morgan fingerprint density at radius 3 is 2.95 bits per heavy atom. The number of halogens is 2. The third kappa shape index (κ3) is 4.24. The molecule has 0 unspecified atom stereocenters. The fourth-order valence-corrected chi connectivity index (χ4v) is 2.80. The topological polar surface area (TPSA) is 46.3 Å². The van der Waals surface area contributed by atoms with Crippen LogP contribution in [0.3, 0.4) is 0 Å². The van der Waals surface area contributed by atoms with Crippen LogP contribution >= 0.6 is 0 Å². The summed E-state index contributed by atoms with van der Waals surface area (Å²) in [4.78, 5) is 14.0. The van der Waals surface area contributed by atoms with Crippen LogP contribution in [0, 0.1) is 17.6 Å². The lowest BCUT2D eigenvalue weighted by Gasteiger charge is -2.34. The predicted octanol–water partition coefficient (Wildman–Crippen LogP) is 2.48. The Bertz CT molecular complexity index is 505. The van der Waals surface area contributed by atoms with Crippen molar-refractivity contribution in [1.29, 1.82) is 0 Å². The summed E-state index contributed by atoms with van der Waals surface area (Å²) < 4.78 is 26.6. The van der Waals surface area contributed by atoms with Gasteiger partial charge in [0.25, 0.3) is 0 Å². The normalized spacial score (nSPS) is 20.4. The van der Waals surface area contributed by atoms with Crippen molar-refractivity contribution in [3.63, 3.8) is 0 Å². The Morgan fingerprint density at radius 1 is 1.48 bits per heavy atom. The Kier molecular flexibility index (Phi) is 5.28. The summed E-state index contributed by atoms with van der Waals surface area (Å²) >= 11 is 0. The summed E-state index contributed by atoms with van der Waals surface area (Å²) in [6.07, 6.45) is 2.42. The van der Waals surface area contributed by atoms with Crippen LogP contribution in [-0.2, 0) is 11.2 Å². The van der Waals surface area contributed by atoms with Crippen molar-refractivity contribution < 1.29 is 13.6 Å². The summed E-state index contributed by atoms with van der Waals surface area (Å²) in [5.74, 6) is -0.622. The van der Waals surface area contributed by atoms with Gasteiger partial charge in [0.1, 0.15) is 11.6 Å². The third-order valence-electron chi connectivity index (χ3n) is 4.17. The van der Waals surface area contributed by atoms with Gasteiger partial charge in [-0.1, -0.05) is 0 Å². The van der Waals surface area contributed by atoms with Crippen LogP contribution in [0.2, 0.25) is 0 Å². The van der Waals surface area contributed by atoms with E-state index in [1.165, 1.54) is 0 Å². The summed E-state index contributed by atoms with van der Waals surface area (Å²) in [5, 5.41) is 0. The lowest BCUT2D eigenvalue weighted by molar-refractivity contribution is -0.133. The fraction of sp³-hybridized carbons (Fsp3) is 0.562. The van der Waals surface area contributed by atoms with Crippen molar-refractivity contribution in [2.24, 2.45) is 11.7 Å². The van der Waals surface area contributed by atoms with Crippen LogP contribution in [0.25, 0.3) is 0 Å². The zero-order chi connectivity index (χ0) is 15.4. The van der Waals surface area contributed by atoms with E-state index in [-0.39, 0.29) is 30.4 Å². The number of hydrogen-bond acceptors (Lipinski definition) is 2. The number of carbonyl (C=O) groups is 1. The maximum Gasteiger partial charge on any atom is 0.222 e. The number of piperidine rings is 1. The van der Waals surface area contributed by atoms with E-state index in [0.29, 0.717) is 12.5 Å². The lowest BCUT2D eigenvalue weighted by atomic mass is 9.92. The third-order valence-corrected chi connectivity index (χ3v) is 4.17. The minimum Gasteiger partial charge on any atom is -0.342 e. The Labute approximate surface area is 124 Å². The highest BCUT2D eigenvalue weighted by Gasteiger charge is 2.25. The maximum absolute atomic E-state index is 13.5. The SMILES string of the molecule is C[C@@H](N)[C@@H]1CCCN(C(=O)CCc2cc(F)ccc2F)C1. The van der Waals surface area contributed by atoms with Crippen molar-refractivity contribution >= 4 is 5.91 Å². The van der Waals surface area contributed by atoms with Crippen LogP contribution in [0.5, 0.6) is 0 Å². The molecule has 0 aliphatic carbocycles. The molecule has 1 aromatic carbocycles. The van der Waals surface area contributed by atoms with Gasteiger partial charge >= 0.3 is 0 Å². The van der Waals surface area contributed by atoms with Crippen molar-refractivity contribution in [2.75, 3.05) is 13.1 Å². The van der Waals surface area contributed by atoms with E-state index in [9.17, 15) is 13.6 Å². The first-order valence-electron chi connectivity index (χ1n) is 7.44. The summed E-state index contributed by atoms with van der Waals surface area (Å²) in [6, 6.07) is 3.41. The van der Waals surface area contributed by atoms with E-state index in [0.717, 1.165) is 37.6 Å². The molecule has 21 heavy (non-hydrogen) atoms. The summed E-state index contributed by atoms with van der Waals surface area (Å²) in [7, 11) is 0. The number of carbonyl (C=O) groups excluding carboxylic acids is 1. The minimum absolute atomic E-state index is 0.0102. The Hall–Kier alpha value is -1.49. The van der Waals surface area contributed by atoms with Crippen LogP contribution in [-0.4, -0.2) is 29.9 Å². The molecule has 116 valence electrons. The van der Waals surface area contributed by atoms with Gasteiger partial charge in [0.15, 0.2) is 0 Å². The molecule has 0 bridgehead atoms. The molecule has 2 rings (SSSR count). The molecule has 0 saturated carbocycles. The lowest BCUT2D eigenvalue weighted by Crippen LogP contribution is -2.45. The van der Waals surface area contributed by atoms with Crippen molar-refractivity contribution in [3.05, 3.63) is 35.4 Å². The number of nitrogens with zero attached hydrogens (tertiary/aromatic N) is 1. The van der Waals surface area contributed by atoms with Gasteiger partial charge in [-0.15, -0.1) is 0 Å². The van der Waals surface area contributed by atoms with Crippen molar-refractivity contribution in [1.82, 2.24) is 4.90 Å². The van der Waals surface area contributed by atoms with Gasteiger partial charge in [-0.3, -0.25) is 4.79 Å². The highest BCUT2D eigenvalue weighted by atomic mass is 19.1. The van der Waals surface area contributed by atoms with E-state index in [4.69, 9.17) is 5.73 Å². The number of nitrogens with two attached hydrogens (primary N) is 1. The number of amides is 1. The molecular formula is C16H22F2N2O. The summed E-state index contributed by atoms with van der Waals surface area (Å²) in [6.45, 7) is 3.36. The van der Waals surface area contributed by atoms with Crippen LogP contribution in [0.15, 0.2) is 18.2 Å². The van der Waals surface area contributed by atoms with Gasteiger partial charge < -0.3 is 10.6 Å². The molecule has 0 radical (unpaired) electrons. The average molecular weight is 296 g/mol. The molecule has 1 fully saturated rings. The first-order chi connectivity index (χ1) is 9.97. The predicted molar refractivity (Wildman–Crippen MR) is 77.6 cm³/mol. The van der Waals surface area contributed by atoms with Crippen molar-refractivity contribution in [2.45, 2.75) is 38.6 Å². The largest absolute Gasteiger partial charge is 0.342 e. The van der Waals surface area contributed by atoms with Crippen molar-refractivity contribution in [3.8, 4) is 0 Å². The monoisotopic (exact) mass is 296 g/mol. The first-order valence-corrected chi connectivity index (χ1v) is 7.44. The van der Waals surface area contributed by atoms with Gasteiger partial charge in [-0.05, 0) is 55.9 Å². The highest BCUT2D eigenvalue weighted by Crippen LogP contribution is 2.20. The molecule has 1 aliphatic rings. The molecule has 1 heterocycles. The van der Waals surface area contributed by atoms with Crippen LogP contribution in [0.4, 0.5) is 8.78 Å². The molecule has 1 saturated heterocycles. The minimum atomic E-state index is -0.478. The van der Waals surface area contributed by atoms with E-state index >= 15 is 0 Å². The summed E-state index contributed by atoms with van der Waals surface area (Å²) in [5.41, 5.74) is 6.16. The van der Waals surface area contributed by atoms with Gasteiger partial charge in [-0.2, -0.15) is 0 Å². The van der Waals surface area contributed by atoms with E-state index < -0.39 is 11.6 Å². The molecule has 0 spiro atoms. The maximum atomic E-state index is 13.5. The van der Waals surface area contributed by atoms with Gasteiger partial charge in [-0.25, -0.2) is 8.78 Å². The molecule has 1 aliphatic heterocycles. The van der Waals surface area contributed by atoms with E-state index in [1.807, 2.05) is 6.92 Å². The van der Waals surface area contributed by atoms with Crippen LogP contribution in [0.1, 0.15) is 31.7 Å². The van der Waals surface area contributed by atoms with Gasteiger partial charge in [0.05, 0.1) is 0 Å². The molecule has 2 atom stereocenters. The van der Waals surface area contributed by atoms with Gasteiger partial charge in [0.2, 0.25) is 5.91 Å². The number of aryl methyl sites for hydroxylation is 1. The number of rotatable bonds is 4. The first kappa shape index (κ1) is 15.9. The zero-order valence-corrected chi connectivity index (χ0v) is 12.3. The quantitative estimate of drug-likeness (QED) is 0.928.